The summed E-state index contributed by atoms with van der Waals surface area (Å²) in [6, 6.07) is 14.3. The molecule has 2 aromatic carbocycles. The third-order valence-electron chi connectivity index (χ3n) is 5.16. The zero-order valence-corrected chi connectivity index (χ0v) is 15.0. The van der Waals surface area contributed by atoms with Crippen LogP contribution in [0.1, 0.15) is 30.0 Å². The Morgan fingerprint density at radius 2 is 1.92 bits per heavy atom. The van der Waals surface area contributed by atoms with Crippen molar-refractivity contribution < 1.29 is 13.9 Å². The van der Waals surface area contributed by atoms with Crippen molar-refractivity contribution >= 4 is 0 Å². The number of rotatable bonds is 7. The summed E-state index contributed by atoms with van der Waals surface area (Å²) >= 11 is 0. The predicted octanol–water partition coefficient (Wildman–Crippen LogP) is 3.29. The van der Waals surface area contributed by atoms with Gasteiger partial charge in [-0.15, -0.1) is 0 Å². The second-order valence-corrected chi connectivity index (χ2v) is 7.08. The van der Waals surface area contributed by atoms with Crippen molar-refractivity contribution in [3.8, 4) is 0 Å². The van der Waals surface area contributed by atoms with Crippen molar-refractivity contribution in [1.29, 1.82) is 0 Å². The SMILES string of the molecule is CN1CC[C@H](NC[C@@H](O)CCc2ccccc2)[C@H]1c1ccc(F)c(F)c1. The Bertz CT molecular complexity index is 710. The third-order valence-corrected chi connectivity index (χ3v) is 5.16. The molecule has 3 rings (SSSR count). The fourth-order valence-electron chi connectivity index (χ4n) is 3.71. The summed E-state index contributed by atoms with van der Waals surface area (Å²) in [7, 11) is 1.99. The molecule has 3 nitrogen and oxygen atoms in total. The molecule has 26 heavy (non-hydrogen) atoms. The second kappa shape index (κ2) is 8.71. The van der Waals surface area contributed by atoms with Crippen LogP contribution in [0, 0.1) is 11.6 Å². The van der Waals surface area contributed by atoms with Gasteiger partial charge in [-0.3, -0.25) is 4.90 Å². The summed E-state index contributed by atoms with van der Waals surface area (Å²) in [5.74, 6) is -1.64. The molecule has 0 unspecified atom stereocenters. The van der Waals surface area contributed by atoms with Gasteiger partial charge in [0.1, 0.15) is 0 Å². The van der Waals surface area contributed by atoms with Gasteiger partial charge in [-0.1, -0.05) is 36.4 Å². The summed E-state index contributed by atoms with van der Waals surface area (Å²) in [6.45, 7) is 1.37. The Labute approximate surface area is 153 Å². The minimum absolute atomic E-state index is 0.0218. The molecule has 140 valence electrons. The van der Waals surface area contributed by atoms with Crippen LogP contribution in [0.15, 0.2) is 48.5 Å². The molecule has 5 heteroatoms. The molecule has 0 saturated carbocycles. The Morgan fingerprint density at radius 3 is 2.65 bits per heavy atom. The summed E-state index contributed by atoms with van der Waals surface area (Å²) in [4.78, 5) is 2.14. The van der Waals surface area contributed by atoms with Crippen LogP contribution in [0.2, 0.25) is 0 Å². The van der Waals surface area contributed by atoms with Crippen LogP contribution in [0.25, 0.3) is 0 Å². The van der Waals surface area contributed by atoms with Crippen molar-refractivity contribution in [2.24, 2.45) is 0 Å². The summed E-state index contributed by atoms with van der Waals surface area (Å²) in [5, 5.41) is 13.7. The molecule has 2 aromatic rings. The van der Waals surface area contributed by atoms with Gasteiger partial charge in [0.05, 0.1) is 6.10 Å². The maximum Gasteiger partial charge on any atom is 0.159 e. The van der Waals surface area contributed by atoms with E-state index >= 15 is 0 Å². The molecular formula is C21H26F2N2O. The molecule has 0 bridgehead atoms. The van der Waals surface area contributed by atoms with Crippen LogP contribution in [0.3, 0.4) is 0 Å². The molecule has 1 saturated heterocycles. The third kappa shape index (κ3) is 4.67. The number of likely N-dealkylation sites (N-methyl/N-ethyl adjacent to an activating group) is 1. The highest BCUT2D eigenvalue weighted by atomic mass is 19.2. The van der Waals surface area contributed by atoms with E-state index < -0.39 is 17.7 Å². The zero-order valence-electron chi connectivity index (χ0n) is 15.0. The first kappa shape index (κ1) is 19.0. The fraction of sp³-hybridized carbons (Fsp3) is 0.429. The Hall–Kier alpha value is -1.82. The lowest BCUT2D eigenvalue weighted by molar-refractivity contribution is 0.153. The quantitative estimate of drug-likeness (QED) is 0.795. The molecule has 2 N–H and O–H groups in total. The average molecular weight is 360 g/mol. The number of hydrogen-bond acceptors (Lipinski definition) is 3. The largest absolute Gasteiger partial charge is 0.392 e. The first-order valence-corrected chi connectivity index (χ1v) is 9.15. The van der Waals surface area contributed by atoms with E-state index in [9.17, 15) is 13.9 Å². The van der Waals surface area contributed by atoms with Gasteiger partial charge >= 0.3 is 0 Å². The molecule has 3 atom stereocenters. The molecule has 0 amide bonds. The van der Waals surface area contributed by atoms with E-state index in [-0.39, 0.29) is 12.1 Å². The first-order chi connectivity index (χ1) is 12.5. The van der Waals surface area contributed by atoms with Gasteiger partial charge < -0.3 is 10.4 Å². The second-order valence-electron chi connectivity index (χ2n) is 7.08. The summed E-state index contributed by atoms with van der Waals surface area (Å²) in [5.41, 5.74) is 1.98. The number of aliphatic hydroxyl groups is 1. The summed E-state index contributed by atoms with van der Waals surface area (Å²) in [6.07, 6.45) is 1.99. The Balaban J connectivity index is 1.55. The highest BCUT2D eigenvalue weighted by Gasteiger charge is 2.33. The molecule has 1 heterocycles. The van der Waals surface area contributed by atoms with E-state index in [1.54, 1.807) is 6.07 Å². The van der Waals surface area contributed by atoms with E-state index in [0.717, 1.165) is 24.9 Å². The lowest BCUT2D eigenvalue weighted by Gasteiger charge is -2.27. The molecule has 1 fully saturated rings. The van der Waals surface area contributed by atoms with Crippen molar-refractivity contribution in [3.05, 3.63) is 71.3 Å². The van der Waals surface area contributed by atoms with Crippen molar-refractivity contribution in [1.82, 2.24) is 10.2 Å². The number of aliphatic hydroxyl groups excluding tert-OH is 1. The topological polar surface area (TPSA) is 35.5 Å². The Kier molecular flexibility index (Phi) is 6.35. The van der Waals surface area contributed by atoms with Crippen molar-refractivity contribution in [3.63, 3.8) is 0 Å². The van der Waals surface area contributed by atoms with E-state index in [2.05, 4.69) is 22.3 Å². The number of likely N-dealkylation sites (tertiary alicyclic amines) is 1. The molecule has 0 spiro atoms. The van der Waals surface area contributed by atoms with E-state index in [4.69, 9.17) is 0 Å². The van der Waals surface area contributed by atoms with Crippen molar-refractivity contribution in [2.75, 3.05) is 20.1 Å². The fourth-order valence-corrected chi connectivity index (χ4v) is 3.71. The first-order valence-electron chi connectivity index (χ1n) is 9.15. The van der Waals surface area contributed by atoms with Crippen LogP contribution in [0.5, 0.6) is 0 Å². The Morgan fingerprint density at radius 1 is 1.15 bits per heavy atom. The van der Waals surface area contributed by atoms with Crippen LogP contribution in [0.4, 0.5) is 8.78 Å². The van der Waals surface area contributed by atoms with Gasteiger partial charge in [0.2, 0.25) is 0 Å². The minimum atomic E-state index is -0.824. The number of nitrogens with one attached hydrogen (secondary N) is 1. The summed E-state index contributed by atoms with van der Waals surface area (Å²) < 4.78 is 26.8. The van der Waals surface area contributed by atoms with Gasteiger partial charge in [0, 0.05) is 25.2 Å². The molecule has 0 aliphatic carbocycles. The highest BCUT2D eigenvalue weighted by molar-refractivity contribution is 5.24. The van der Waals surface area contributed by atoms with Gasteiger partial charge in [-0.2, -0.15) is 0 Å². The van der Waals surface area contributed by atoms with Gasteiger partial charge in [-0.25, -0.2) is 8.78 Å². The standard InChI is InChI=1S/C21H26F2N2O/c1-25-12-11-20(21(25)16-8-10-18(22)19(23)13-16)24-14-17(26)9-7-15-5-3-2-4-6-15/h2-6,8,10,13,17,20-21,24,26H,7,9,11-12,14H2,1H3/t17-,20-,21+/m0/s1. The van der Waals surface area contributed by atoms with Crippen LogP contribution in [-0.4, -0.2) is 42.3 Å². The number of benzene rings is 2. The molecule has 1 aliphatic rings. The monoisotopic (exact) mass is 360 g/mol. The number of aryl methyl sites for hydroxylation is 1. The van der Waals surface area contributed by atoms with E-state index in [1.807, 2.05) is 25.2 Å². The van der Waals surface area contributed by atoms with Crippen LogP contribution in [-0.2, 0) is 6.42 Å². The molecular weight excluding hydrogens is 334 g/mol. The average Bonchev–Trinajstić information content (AvgIpc) is 3.02. The van der Waals surface area contributed by atoms with Crippen LogP contribution < -0.4 is 5.32 Å². The maximum absolute atomic E-state index is 13.6. The molecule has 1 aliphatic heterocycles. The van der Waals surface area contributed by atoms with Gasteiger partial charge in [0.15, 0.2) is 11.6 Å². The van der Waals surface area contributed by atoms with E-state index in [0.29, 0.717) is 13.0 Å². The predicted molar refractivity (Wildman–Crippen MR) is 98.9 cm³/mol. The highest BCUT2D eigenvalue weighted by Crippen LogP contribution is 2.31. The van der Waals surface area contributed by atoms with Gasteiger partial charge in [0.25, 0.3) is 0 Å². The normalized spacial score (nSPS) is 21.8. The molecule has 0 aromatic heterocycles. The van der Waals surface area contributed by atoms with Crippen molar-refractivity contribution in [2.45, 2.75) is 37.5 Å². The lowest BCUT2D eigenvalue weighted by Crippen LogP contribution is -2.39. The lowest BCUT2D eigenvalue weighted by atomic mass is 9.99. The number of halogens is 2. The zero-order chi connectivity index (χ0) is 18.5. The number of nitrogens with zero attached hydrogens (tertiary/aromatic N) is 1. The maximum atomic E-state index is 13.6. The minimum Gasteiger partial charge on any atom is -0.392 e. The smallest absolute Gasteiger partial charge is 0.159 e. The molecule has 0 radical (unpaired) electrons. The van der Waals surface area contributed by atoms with E-state index in [1.165, 1.54) is 17.7 Å². The number of hydrogen-bond donors (Lipinski definition) is 2. The van der Waals surface area contributed by atoms with Gasteiger partial charge in [-0.05, 0) is 49.6 Å². The van der Waals surface area contributed by atoms with Crippen LogP contribution >= 0.6 is 0 Å².